The van der Waals surface area contributed by atoms with Crippen LogP contribution < -0.4 is 5.32 Å². The predicted molar refractivity (Wildman–Crippen MR) is 70.9 cm³/mol. The van der Waals surface area contributed by atoms with E-state index in [1.54, 1.807) is 6.92 Å². The molecular weight excluding hydrogens is 267 g/mol. The highest BCUT2D eigenvalue weighted by atomic mass is 19.2. The lowest BCUT2D eigenvalue weighted by Gasteiger charge is -2.08. The molecule has 20 heavy (non-hydrogen) atoms. The molecule has 106 valence electrons. The largest absolute Gasteiger partial charge is 0.354 e. The van der Waals surface area contributed by atoms with Gasteiger partial charge in [0.05, 0.1) is 5.69 Å². The van der Waals surface area contributed by atoms with Gasteiger partial charge in [0.2, 0.25) is 5.95 Å². The fourth-order valence-corrected chi connectivity index (χ4v) is 1.75. The van der Waals surface area contributed by atoms with Crippen molar-refractivity contribution in [3.8, 4) is 11.3 Å². The SMILES string of the molecule is CCCNc1nc(C)cc(-c2ccc(F)c(F)c2F)n1. The van der Waals surface area contributed by atoms with E-state index in [0.29, 0.717) is 18.2 Å². The van der Waals surface area contributed by atoms with Gasteiger partial charge in [0.1, 0.15) is 0 Å². The molecule has 0 amide bonds. The Morgan fingerprint density at radius 1 is 1.10 bits per heavy atom. The smallest absolute Gasteiger partial charge is 0.223 e. The Hall–Kier alpha value is -2.11. The minimum absolute atomic E-state index is 0.0889. The number of nitrogens with one attached hydrogen (secondary N) is 1. The highest BCUT2D eigenvalue weighted by Crippen LogP contribution is 2.25. The minimum Gasteiger partial charge on any atom is -0.354 e. The van der Waals surface area contributed by atoms with E-state index in [9.17, 15) is 13.2 Å². The van der Waals surface area contributed by atoms with Gasteiger partial charge in [-0.1, -0.05) is 6.92 Å². The third-order valence-electron chi connectivity index (χ3n) is 2.70. The number of rotatable bonds is 4. The number of hydrogen-bond acceptors (Lipinski definition) is 3. The molecule has 0 bridgehead atoms. The maximum Gasteiger partial charge on any atom is 0.223 e. The van der Waals surface area contributed by atoms with Gasteiger partial charge in [-0.3, -0.25) is 0 Å². The summed E-state index contributed by atoms with van der Waals surface area (Å²) in [5.41, 5.74) is 0.735. The van der Waals surface area contributed by atoms with Gasteiger partial charge in [-0.25, -0.2) is 23.1 Å². The first-order valence-electron chi connectivity index (χ1n) is 6.26. The molecule has 0 saturated heterocycles. The van der Waals surface area contributed by atoms with Crippen LogP contribution in [0.2, 0.25) is 0 Å². The molecule has 1 N–H and O–H groups in total. The third-order valence-corrected chi connectivity index (χ3v) is 2.70. The van der Waals surface area contributed by atoms with Crippen molar-refractivity contribution >= 4 is 5.95 Å². The van der Waals surface area contributed by atoms with Crippen LogP contribution in [0.3, 0.4) is 0 Å². The Morgan fingerprint density at radius 2 is 1.85 bits per heavy atom. The average molecular weight is 281 g/mol. The summed E-state index contributed by atoms with van der Waals surface area (Å²) < 4.78 is 40.0. The average Bonchev–Trinajstić information content (AvgIpc) is 2.42. The van der Waals surface area contributed by atoms with Crippen LogP contribution in [0.5, 0.6) is 0 Å². The van der Waals surface area contributed by atoms with Crippen LogP contribution >= 0.6 is 0 Å². The lowest BCUT2D eigenvalue weighted by atomic mass is 10.1. The van der Waals surface area contributed by atoms with E-state index in [1.807, 2.05) is 6.92 Å². The van der Waals surface area contributed by atoms with Crippen LogP contribution in [0.4, 0.5) is 19.1 Å². The molecular formula is C14H14F3N3. The van der Waals surface area contributed by atoms with Crippen molar-refractivity contribution in [3.63, 3.8) is 0 Å². The number of hydrogen-bond donors (Lipinski definition) is 1. The van der Waals surface area contributed by atoms with Gasteiger partial charge in [0.15, 0.2) is 17.5 Å². The van der Waals surface area contributed by atoms with Crippen molar-refractivity contribution in [1.82, 2.24) is 9.97 Å². The summed E-state index contributed by atoms with van der Waals surface area (Å²) in [7, 11) is 0. The zero-order valence-electron chi connectivity index (χ0n) is 11.2. The first kappa shape index (κ1) is 14.3. The molecule has 0 atom stereocenters. The molecule has 0 spiro atoms. The van der Waals surface area contributed by atoms with Gasteiger partial charge in [0, 0.05) is 17.8 Å². The molecule has 0 fully saturated rings. The van der Waals surface area contributed by atoms with E-state index in [-0.39, 0.29) is 11.3 Å². The van der Waals surface area contributed by atoms with Crippen molar-refractivity contribution in [2.24, 2.45) is 0 Å². The third kappa shape index (κ3) is 2.89. The summed E-state index contributed by atoms with van der Waals surface area (Å²) in [5.74, 6) is -3.63. The zero-order chi connectivity index (χ0) is 14.7. The number of anilines is 1. The second-order valence-corrected chi connectivity index (χ2v) is 4.37. The van der Waals surface area contributed by atoms with Crippen molar-refractivity contribution in [3.05, 3.63) is 41.3 Å². The molecule has 2 aromatic rings. The Labute approximate surface area is 114 Å². The maximum absolute atomic E-state index is 13.8. The van der Waals surface area contributed by atoms with E-state index >= 15 is 0 Å². The second kappa shape index (κ2) is 5.90. The van der Waals surface area contributed by atoms with E-state index in [0.717, 1.165) is 12.5 Å². The molecule has 1 heterocycles. The van der Waals surface area contributed by atoms with Crippen LogP contribution in [0.15, 0.2) is 18.2 Å². The van der Waals surface area contributed by atoms with Gasteiger partial charge < -0.3 is 5.32 Å². The normalized spacial score (nSPS) is 10.7. The van der Waals surface area contributed by atoms with Crippen LogP contribution in [-0.2, 0) is 0 Å². The molecule has 0 unspecified atom stereocenters. The van der Waals surface area contributed by atoms with Crippen molar-refractivity contribution < 1.29 is 13.2 Å². The molecule has 0 saturated carbocycles. The highest BCUT2D eigenvalue weighted by molar-refractivity contribution is 5.61. The summed E-state index contributed by atoms with van der Waals surface area (Å²) >= 11 is 0. The van der Waals surface area contributed by atoms with Gasteiger partial charge in [-0.15, -0.1) is 0 Å². The molecule has 0 aliphatic carbocycles. The first-order valence-corrected chi connectivity index (χ1v) is 6.26. The second-order valence-electron chi connectivity index (χ2n) is 4.37. The van der Waals surface area contributed by atoms with Gasteiger partial charge >= 0.3 is 0 Å². The van der Waals surface area contributed by atoms with E-state index < -0.39 is 17.5 Å². The van der Waals surface area contributed by atoms with Crippen LogP contribution in [0.1, 0.15) is 19.0 Å². The number of benzene rings is 1. The van der Waals surface area contributed by atoms with E-state index in [2.05, 4.69) is 15.3 Å². The Balaban J connectivity index is 2.47. The number of aromatic nitrogens is 2. The van der Waals surface area contributed by atoms with Crippen molar-refractivity contribution in [2.75, 3.05) is 11.9 Å². The fraction of sp³-hybridized carbons (Fsp3) is 0.286. The van der Waals surface area contributed by atoms with E-state index in [1.165, 1.54) is 12.1 Å². The number of halogens is 3. The monoisotopic (exact) mass is 281 g/mol. The van der Waals surface area contributed by atoms with Crippen molar-refractivity contribution in [2.45, 2.75) is 20.3 Å². The quantitative estimate of drug-likeness (QED) is 0.868. The number of nitrogens with zero attached hydrogens (tertiary/aromatic N) is 2. The molecule has 3 nitrogen and oxygen atoms in total. The van der Waals surface area contributed by atoms with Crippen LogP contribution in [-0.4, -0.2) is 16.5 Å². The lowest BCUT2D eigenvalue weighted by molar-refractivity contribution is 0.449. The van der Waals surface area contributed by atoms with Crippen LogP contribution in [0.25, 0.3) is 11.3 Å². The standard InChI is InChI=1S/C14H14F3N3/c1-3-6-18-14-19-8(2)7-11(20-14)9-4-5-10(15)13(17)12(9)16/h4-5,7H,3,6H2,1-2H3,(H,18,19,20). The summed E-state index contributed by atoms with van der Waals surface area (Å²) in [6.07, 6.45) is 0.881. The highest BCUT2D eigenvalue weighted by Gasteiger charge is 2.16. The predicted octanol–water partition coefficient (Wildman–Crippen LogP) is 3.69. The fourth-order valence-electron chi connectivity index (χ4n) is 1.75. The van der Waals surface area contributed by atoms with Gasteiger partial charge in [0.25, 0.3) is 0 Å². The summed E-state index contributed by atoms with van der Waals surface area (Å²) in [5, 5.41) is 2.98. The summed E-state index contributed by atoms with van der Waals surface area (Å²) in [4.78, 5) is 8.28. The molecule has 0 aliphatic rings. The number of aryl methyl sites for hydroxylation is 1. The lowest BCUT2D eigenvalue weighted by Crippen LogP contribution is -2.06. The molecule has 6 heteroatoms. The Kier molecular flexibility index (Phi) is 4.22. The van der Waals surface area contributed by atoms with E-state index in [4.69, 9.17) is 0 Å². The van der Waals surface area contributed by atoms with Crippen LogP contribution in [0, 0.1) is 24.4 Å². The maximum atomic E-state index is 13.8. The topological polar surface area (TPSA) is 37.8 Å². The summed E-state index contributed by atoms with van der Waals surface area (Å²) in [6.45, 7) is 4.38. The Morgan fingerprint density at radius 3 is 2.55 bits per heavy atom. The Bertz CT molecular complexity index is 629. The molecule has 1 aromatic heterocycles. The molecule has 0 aliphatic heterocycles. The van der Waals surface area contributed by atoms with Gasteiger partial charge in [-0.2, -0.15) is 0 Å². The van der Waals surface area contributed by atoms with Crippen molar-refractivity contribution in [1.29, 1.82) is 0 Å². The molecule has 1 aromatic carbocycles. The first-order chi connectivity index (χ1) is 9.52. The molecule has 2 rings (SSSR count). The van der Waals surface area contributed by atoms with Gasteiger partial charge in [-0.05, 0) is 31.5 Å². The minimum atomic E-state index is -1.50. The molecule has 0 radical (unpaired) electrons. The summed E-state index contributed by atoms with van der Waals surface area (Å²) in [6, 6.07) is 3.57. The zero-order valence-corrected chi connectivity index (χ0v) is 11.2.